The summed E-state index contributed by atoms with van der Waals surface area (Å²) in [6, 6.07) is 0. The van der Waals surface area contributed by atoms with Crippen LogP contribution in [-0.2, 0) is 28.3 Å². The van der Waals surface area contributed by atoms with E-state index in [2.05, 4.69) is 14.9 Å². The predicted molar refractivity (Wildman–Crippen MR) is 62.6 cm³/mol. The van der Waals surface area contributed by atoms with Crippen molar-refractivity contribution in [2.24, 2.45) is 0 Å². The molecule has 0 spiro atoms. The third kappa shape index (κ3) is 15.0. The molecule has 0 aromatic heterocycles. The van der Waals surface area contributed by atoms with Crippen LogP contribution >= 0.6 is 0 Å². The van der Waals surface area contributed by atoms with Crippen molar-refractivity contribution in [3.8, 4) is 0 Å². The van der Waals surface area contributed by atoms with E-state index < -0.39 is 10.4 Å². The Morgan fingerprint density at radius 1 is 1.29 bits per heavy atom. The minimum atomic E-state index is -3.66. The third-order valence-electron chi connectivity index (χ3n) is 1.36. The van der Waals surface area contributed by atoms with E-state index in [9.17, 15) is 13.2 Å². The summed E-state index contributed by atoms with van der Waals surface area (Å²) in [7, 11) is 2.23. The summed E-state index contributed by atoms with van der Waals surface area (Å²) in [5, 5.41) is 0. The van der Waals surface area contributed by atoms with Gasteiger partial charge in [-0.05, 0) is 14.1 Å². The Morgan fingerprint density at radius 2 is 1.76 bits per heavy atom. The lowest BCUT2D eigenvalue weighted by molar-refractivity contribution is -0.137. The highest BCUT2D eigenvalue weighted by Gasteiger charge is 2.01. The summed E-state index contributed by atoms with van der Waals surface area (Å²) in [4.78, 5) is 12.4. The first-order valence-corrected chi connectivity index (χ1v) is 5.92. The average molecular weight is 269 g/mol. The zero-order valence-electron chi connectivity index (χ0n) is 10.5. The van der Waals surface area contributed by atoms with E-state index in [1.54, 1.807) is 0 Å². The van der Waals surface area contributed by atoms with Crippen LogP contribution in [0.15, 0.2) is 12.7 Å². The van der Waals surface area contributed by atoms with Gasteiger partial charge in [0, 0.05) is 12.6 Å². The van der Waals surface area contributed by atoms with Crippen LogP contribution in [0.25, 0.3) is 0 Å². The average Bonchev–Trinajstić information content (AvgIpc) is 2.29. The fraction of sp³-hybridized carbons (Fsp3) is 0.667. The Bertz CT molecular complexity index is 301. The van der Waals surface area contributed by atoms with Crippen molar-refractivity contribution in [1.29, 1.82) is 0 Å². The summed E-state index contributed by atoms with van der Waals surface area (Å²) >= 11 is 0. The van der Waals surface area contributed by atoms with Crippen molar-refractivity contribution in [1.82, 2.24) is 4.90 Å². The monoisotopic (exact) mass is 269 g/mol. The number of rotatable bonds is 6. The van der Waals surface area contributed by atoms with E-state index in [1.165, 1.54) is 0 Å². The molecule has 0 aromatic carbocycles. The molecule has 0 aliphatic carbocycles. The molecule has 0 heterocycles. The quantitative estimate of drug-likeness (QED) is 0.488. The minimum absolute atomic E-state index is 0.359. The number of nitrogens with zero attached hydrogens (tertiary/aromatic N) is 1. The maximum absolute atomic E-state index is 10.4. The number of hydrogen-bond donors (Lipinski definition) is 0. The number of esters is 1. The number of ether oxygens (including phenoxy) is 1. The SMILES string of the molecule is C=CC(=O)OCCN(C)C.COS(=O)(=O)OC. The van der Waals surface area contributed by atoms with Crippen LogP contribution in [0.5, 0.6) is 0 Å². The normalized spacial score (nSPS) is 10.4. The van der Waals surface area contributed by atoms with Gasteiger partial charge in [-0.2, -0.15) is 8.42 Å². The fourth-order valence-electron chi connectivity index (χ4n) is 0.456. The Hall–Kier alpha value is -0.960. The molecule has 17 heavy (non-hydrogen) atoms. The Morgan fingerprint density at radius 3 is 2.00 bits per heavy atom. The van der Waals surface area contributed by atoms with Gasteiger partial charge in [-0.3, -0.25) is 8.37 Å². The van der Waals surface area contributed by atoms with Crippen molar-refractivity contribution in [2.45, 2.75) is 0 Å². The predicted octanol–water partition coefficient (Wildman–Crippen LogP) is -0.199. The molecule has 0 N–H and O–H groups in total. The first-order chi connectivity index (χ1) is 7.79. The highest BCUT2D eigenvalue weighted by atomic mass is 32.3. The molecule has 0 radical (unpaired) electrons. The molecule has 0 rings (SSSR count). The maximum atomic E-state index is 10.4. The number of likely N-dealkylation sites (N-methyl/N-ethyl adjacent to an activating group) is 1. The zero-order valence-corrected chi connectivity index (χ0v) is 11.3. The third-order valence-corrected chi connectivity index (χ3v) is 2.17. The van der Waals surface area contributed by atoms with Crippen molar-refractivity contribution < 1.29 is 26.3 Å². The van der Waals surface area contributed by atoms with Gasteiger partial charge in [-0.15, -0.1) is 0 Å². The molecule has 7 nitrogen and oxygen atoms in total. The zero-order chi connectivity index (χ0) is 13.9. The topological polar surface area (TPSA) is 82.1 Å². The van der Waals surface area contributed by atoms with Gasteiger partial charge in [0.1, 0.15) is 6.61 Å². The van der Waals surface area contributed by atoms with Crippen LogP contribution in [0.4, 0.5) is 0 Å². The smallest absolute Gasteiger partial charge is 0.399 e. The lowest BCUT2D eigenvalue weighted by atomic mass is 10.6. The molecule has 0 aromatic rings. The highest BCUT2D eigenvalue weighted by molar-refractivity contribution is 7.81. The molecule has 0 saturated heterocycles. The fourth-order valence-corrected chi connectivity index (χ4v) is 0.592. The van der Waals surface area contributed by atoms with Crippen LogP contribution in [0.3, 0.4) is 0 Å². The van der Waals surface area contributed by atoms with Gasteiger partial charge in [-0.25, -0.2) is 4.79 Å². The van der Waals surface area contributed by atoms with Gasteiger partial charge >= 0.3 is 16.4 Å². The highest BCUT2D eigenvalue weighted by Crippen LogP contribution is 1.85. The molecule has 0 unspecified atom stereocenters. The summed E-state index contributed by atoms with van der Waals surface area (Å²) in [5.74, 6) is -0.359. The van der Waals surface area contributed by atoms with Crippen LogP contribution in [-0.4, -0.2) is 60.8 Å². The Balaban J connectivity index is 0. The molecule has 0 amide bonds. The van der Waals surface area contributed by atoms with E-state index in [0.717, 1.165) is 26.8 Å². The van der Waals surface area contributed by atoms with Crippen LogP contribution in [0.2, 0.25) is 0 Å². The molecule has 8 heteroatoms. The van der Waals surface area contributed by atoms with Crippen molar-refractivity contribution >= 4 is 16.4 Å². The Labute approximate surface area is 102 Å². The van der Waals surface area contributed by atoms with Gasteiger partial charge in [0.05, 0.1) is 14.2 Å². The standard InChI is InChI=1S/C7H13NO2.C2H6O4S/c1-4-7(9)10-6-5-8(2)3;1-5-7(3,4)6-2/h4H,1,5-6H2,2-3H3;1-2H3. The molecule has 0 bridgehead atoms. The number of carbonyl (C=O) groups excluding carboxylic acids is 1. The summed E-state index contributed by atoms with van der Waals surface area (Å²) in [6.45, 7) is 4.45. The van der Waals surface area contributed by atoms with Crippen LogP contribution in [0.1, 0.15) is 0 Å². The second kappa shape index (κ2) is 10.2. The number of hydrogen-bond acceptors (Lipinski definition) is 7. The Kier molecular flexibility index (Phi) is 11.1. The van der Waals surface area contributed by atoms with Crippen molar-refractivity contribution in [3.05, 3.63) is 12.7 Å². The van der Waals surface area contributed by atoms with Gasteiger partial charge in [-0.1, -0.05) is 6.58 Å². The first-order valence-electron chi connectivity index (χ1n) is 4.59. The van der Waals surface area contributed by atoms with Crippen molar-refractivity contribution in [3.63, 3.8) is 0 Å². The van der Waals surface area contributed by atoms with Gasteiger partial charge in [0.15, 0.2) is 0 Å². The summed E-state index contributed by atoms with van der Waals surface area (Å²) < 4.78 is 32.2. The van der Waals surface area contributed by atoms with Crippen LogP contribution in [0, 0.1) is 0 Å². The van der Waals surface area contributed by atoms with Crippen molar-refractivity contribution in [2.75, 3.05) is 41.5 Å². The molecular formula is C9H19NO6S. The van der Waals surface area contributed by atoms with E-state index in [-0.39, 0.29) is 5.97 Å². The molecule has 0 atom stereocenters. The van der Waals surface area contributed by atoms with E-state index in [0.29, 0.717) is 6.61 Å². The molecule has 0 aliphatic heterocycles. The molecular weight excluding hydrogens is 250 g/mol. The van der Waals surface area contributed by atoms with Crippen LogP contribution < -0.4 is 0 Å². The minimum Gasteiger partial charge on any atom is -0.461 e. The van der Waals surface area contributed by atoms with Gasteiger partial charge in [0.25, 0.3) is 0 Å². The summed E-state index contributed by atoms with van der Waals surface area (Å²) in [6.07, 6.45) is 1.16. The summed E-state index contributed by atoms with van der Waals surface area (Å²) in [5.41, 5.74) is 0. The second-order valence-corrected chi connectivity index (χ2v) is 4.40. The first kappa shape index (κ1) is 18.4. The molecule has 102 valence electrons. The van der Waals surface area contributed by atoms with E-state index >= 15 is 0 Å². The lowest BCUT2D eigenvalue weighted by Crippen LogP contribution is -2.19. The van der Waals surface area contributed by atoms with E-state index in [4.69, 9.17) is 4.74 Å². The largest absolute Gasteiger partial charge is 0.461 e. The molecule has 0 saturated carbocycles. The number of carbonyl (C=O) groups is 1. The molecule has 0 fully saturated rings. The van der Waals surface area contributed by atoms with E-state index in [1.807, 2.05) is 19.0 Å². The molecule has 0 aliphatic rings. The maximum Gasteiger partial charge on any atom is 0.399 e. The van der Waals surface area contributed by atoms with Gasteiger partial charge < -0.3 is 9.64 Å². The van der Waals surface area contributed by atoms with Gasteiger partial charge in [0.2, 0.25) is 0 Å². The lowest BCUT2D eigenvalue weighted by Gasteiger charge is -2.07. The second-order valence-electron chi connectivity index (χ2n) is 2.92.